The Bertz CT molecular complexity index is 860. The maximum Gasteiger partial charge on any atom is 0.234 e. The molecule has 0 bridgehead atoms. The zero-order valence-electron chi connectivity index (χ0n) is 17.9. The summed E-state index contributed by atoms with van der Waals surface area (Å²) in [6.45, 7) is 8.40. The second-order valence-electron chi connectivity index (χ2n) is 7.71. The molecule has 9 heteroatoms. The number of nitrogens with one attached hydrogen (secondary N) is 3. The first-order chi connectivity index (χ1) is 14.0. The molecule has 1 aromatic heterocycles. The number of aromatic nitrogens is 1. The molecule has 1 aromatic carbocycles. The van der Waals surface area contributed by atoms with Gasteiger partial charge in [-0.3, -0.25) is 14.7 Å². The lowest BCUT2D eigenvalue weighted by molar-refractivity contribution is -0.123. The normalized spacial score (nSPS) is 15.4. The number of halogens is 2. The average molecular weight is 530 g/mol. The lowest BCUT2D eigenvalue weighted by Gasteiger charge is -2.36. The van der Waals surface area contributed by atoms with Gasteiger partial charge >= 0.3 is 0 Å². The van der Waals surface area contributed by atoms with Gasteiger partial charge in [0, 0.05) is 62.9 Å². The molecule has 3 rings (SSSR count). The van der Waals surface area contributed by atoms with Crippen LogP contribution in [0.25, 0.3) is 10.9 Å². The summed E-state index contributed by atoms with van der Waals surface area (Å²) in [5.41, 5.74) is 2.03. The van der Waals surface area contributed by atoms with Crippen molar-refractivity contribution in [2.24, 2.45) is 4.99 Å². The number of fused-ring (bicyclic) bond motifs is 1. The minimum atomic E-state index is -0.220. The van der Waals surface area contributed by atoms with E-state index in [2.05, 4.69) is 30.4 Å². The molecule has 1 aliphatic rings. The maximum absolute atomic E-state index is 13.5. The third-order valence-corrected chi connectivity index (χ3v) is 5.11. The van der Waals surface area contributed by atoms with Gasteiger partial charge in [0.2, 0.25) is 5.91 Å². The molecule has 0 aliphatic carbocycles. The van der Waals surface area contributed by atoms with E-state index in [1.165, 1.54) is 6.07 Å². The van der Waals surface area contributed by atoms with E-state index in [0.29, 0.717) is 13.1 Å². The number of guanidine groups is 1. The summed E-state index contributed by atoms with van der Waals surface area (Å²) >= 11 is 0. The van der Waals surface area contributed by atoms with Crippen molar-refractivity contribution in [1.29, 1.82) is 0 Å². The van der Waals surface area contributed by atoms with Crippen LogP contribution in [0.15, 0.2) is 29.4 Å². The van der Waals surface area contributed by atoms with Gasteiger partial charge in [0.05, 0.1) is 6.54 Å². The Morgan fingerprint density at radius 2 is 2.00 bits per heavy atom. The third-order valence-electron chi connectivity index (χ3n) is 5.11. The molecule has 166 valence electrons. The van der Waals surface area contributed by atoms with Crippen molar-refractivity contribution in [1.82, 2.24) is 25.4 Å². The van der Waals surface area contributed by atoms with Crippen LogP contribution >= 0.6 is 24.0 Å². The summed E-state index contributed by atoms with van der Waals surface area (Å²) in [5.74, 6) is 0.718. The number of hydrogen-bond acceptors (Lipinski definition) is 3. The number of rotatable bonds is 6. The molecule has 1 amide bonds. The van der Waals surface area contributed by atoms with Crippen LogP contribution in [0.4, 0.5) is 4.39 Å². The van der Waals surface area contributed by atoms with Crippen molar-refractivity contribution in [3.8, 4) is 0 Å². The predicted molar refractivity (Wildman–Crippen MR) is 130 cm³/mol. The van der Waals surface area contributed by atoms with E-state index in [0.717, 1.165) is 55.0 Å². The minimum absolute atomic E-state index is 0. The Morgan fingerprint density at radius 1 is 1.27 bits per heavy atom. The number of hydrogen-bond donors (Lipinski definition) is 3. The molecule has 3 N–H and O–H groups in total. The van der Waals surface area contributed by atoms with E-state index in [9.17, 15) is 9.18 Å². The molecule has 0 radical (unpaired) electrons. The van der Waals surface area contributed by atoms with Gasteiger partial charge in [-0.25, -0.2) is 4.39 Å². The monoisotopic (exact) mass is 530 g/mol. The van der Waals surface area contributed by atoms with Gasteiger partial charge < -0.3 is 20.5 Å². The lowest BCUT2D eigenvalue weighted by atomic mass is 10.1. The molecule has 1 saturated heterocycles. The Morgan fingerprint density at radius 3 is 2.67 bits per heavy atom. The Balaban J connectivity index is 0.00000320. The van der Waals surface area contributed by atoms with Crippen molar-refractivity contribution in [2.45, 2.75) is 26.3 Å². The second kappa shape index (κ2) is 11.5. The summed E-state index contributed by atoms with van der Waals surface area (Å²) in [6, 6.07) is 4.97. The molecule has 0 spiro atoms. The zero-order valence-corrected chi connectivity index (χ0v) is 20.2. The van der Waals surface area contributed by atoms with Crippen LogP contribution in [-0.2, 0) is 11.2 Å². The third kappa shape index (κ3) is 6.56. The molecule has 0 unspecified atom stereocenters. The van der Waals surface area contributed by atoms with Gasteiger partial charge in [-0.1, -0.05) is 0 Å². The molecule has 1 fully saturated rings. The van der Waals surface area contributed by atoms with Gasteiger partial charge in [-0.2, -0.15) is 0 Å². The fourth-order valence-electron chi connectivity index (χ4n) is 3.69. The number of carbonyl (C=O) groups is 1. The van der Waals surface area contributed by atoms with Crippen LogP contribution < -0.4 is 10.6 Å². The van der Waals surface area contributed by atoms with Crippen molar-refractivity contribution in [3.05, 3.63) is 35.8 Å². The number of aromatic amines is 1. The molecule has 7 nitrogen and oxygen atoms in total. The number of benzene rings is 1. The summed E-state index contributed by atoms with van der Waals surface area (Å²) in [5, 5.41) is 7.27. The summed E-state index contributed by atoms with van der Waals surface area (Å²) < 4.78 is 13.5. The molecule has 0 saturated carbocycles. The van der Waals surface area contributed by atoms with Crippen LogP contribution in [0.1, 0.15) is 19.4 Å². The van der Waals surface area contributed by atoms with E-state index in [1.807, 2.05) is 20.0 Å². The Hall–Kier alpha value is -1.88. The second-order valence-corrected chi connectivity index (χ2v) is 7.71. The highest BCUT2D eigenvalue weighted by molar-refractivity contribution is 14.0. The molecule has 2 aromatic rings. The van der Waals surface area contributed by atoms with E-state index in [4.69, 9.17) is 0 Å². The fourth-order valence-corrected chi connectivity index (χ4v) is 3.69. The molecule has 30 heavy (non-hydrogen) atoms. The van der Waals surface area contributed by atoms with Gasteiger partial charge in [0.1, 0.15) is 5.82 Å². The topological polar surface area (TPSA) is 75.8 Å². The van der Waals surface area contributed by atoms with Crippen molar-refractivity contribution in [2.75, 3.05) is 46.3 Å². The highest BCUT2D eigenvalue weighted by Gasteiger charge is 2.21. The number of amides is 1. The molecule has 2 heterocycles. The van der Waals surface area contributed by atoms with Gasteiger partial charge in [0.25, 0.3) is 0 Å². The number of nitrogens with zero attached hydrogens (tertiary/aromatic N) is 3. The van der Waals surface area contributed by atoms with Crippen LogP contribution in [-0.4, -0.2) is 79.0 Å². The Kier molecular flexibility index (Phi) is 9.35. The number of piperazine rings is 1. The van der Waals surface area contributed by atoms with Crippen LogP contribution in [0.2, 0.25) is 0 Å². The van der Waals surface area contributed by atoms with Crippen molar-refractivity contribution in [3.63, 3.8) is 0 Å². The predicted octanol–water partition coefficient (Wildman–Crippen LogP) is 2.19. The number of H-pyrrole nitrogens is 1. The highest BCUT2D eigenvalue weighted by atomic mass is 127. The van der Waals surface area contributed by atoms with Crippen LogP contribution in [0.5, 0.6) is 0 Å². The highest BCUT2D eigenvalue weighted by Crippen LogP contribution is 2.19. The standard InChI is InChI=1S/C21H31FN6O.HI/c1-15(2)26-20(29)14-27-8-10-28(11-9-27)21(23-3)24-7-6-16-13-25-19-5-4-17(22)12-18(16)19;/h4-5,12-13,15,25H,6-11,14H2,1-3H3,(H,23,24)(H,26,29);1H. The first kappa shape index (κ1) is 24.4. The van der Waals surface area contributed by atoms with E-state index >= 15 is 0 Å². The van der Waals surface area contributed by atoms with Crippen molar-refractivity contribution >= 4 is 46.7 Å². The first-order valence-electron chi connectivity index (χ1n) is 10.2. The van der Waals surface area contributed by atoms with E-state index in [1.54, 1.807) is 19.2 Å². The quantitative estimate of drug-likeness (QED) is 0.304. The van der Waals surface area contributed by atoms with Crippen molar-refractivity contribution < 1.29 is 9.18 Å². The number of aliphatic imine (C=N–C) groups is 1. The van der Waals surface area contributed by atoms with Gasteiger partial charge in [-0.15, -0.1) is 24.0 Å². The molecule has 0 atom stereocenters. The van der Waals surface area contributed by atoms with Gasteiger partial charge in [-0.05, 0) is 44.0 Å². The van der Waals surface area contributed by atoms with E-state index in [-0.39, 0.29) is 41.7 Å². The number of carbonyl (C=O) groups excluding carboxylic acids is 1. The van der Waals surface area contributed by atoms with Crippen LogP contribution in [0, 0.1) is 5.82 Å². The molecule has 1 aliphatic heterocycles. The fraction of sp³-hybridized carbons (Fsp3) is 0.524. The summed E-state index contributed by atoms with van der Waals surface area (Å²) in [4.78, 5) is 23.9. The zero-order chi connectivity index (χ0) is 20.8. The van der Waals surface area contributed by atoms with Gasteiger partial charge in [0.15, 0.2) is 5.96 Å². The summed E-state index contributed by atoms with van der Waals surface area (Å²) in [6.07, 6.45) is 2.72. The lowest BCUT2D eigenvalue weighted by Crippen LogP contribution is -2.54. The Labute approximate surface area is 194 Å². The summed E-state index contributed by atoms with van der Waals surface area (Å²) in [7, 11) is 1.78. The largest absolute Gasteiger partial charge is 0.361 e. The molecular weight excluding hydrogens is 498 g/mol. The van der Waals surface area contributed by atoms with E-state index < -0.39 is 0 Å². The SMILES string of the molecule is CN=C(NCCc1c[nH]c2ccc(F)cc12)N1CCN(CC(=O)NC(C)C)CC1.I. The smallest absolute Gasteiger partial charge is 0.234 e. The maximum atomic E-state index is 13.5. The van der Waals surface area contributed by atoms with Crippen LogP contribution in [0.3, 0.4) is 0 Å². The molecular formula is C21H32FIN6O. The average Bonchev–Trinajstić information content (AvgIpc) is 3.07. The minimum Gasteiger partial charge on any atom is -0.361 e. The first-order valence-corrected chi connectivity index (χ1v) is 10.2.